The Balaban J connectivity index is 1.63. The van der Waals surface area contributed by atoms with Crippen LogP contribution in [0.5, 0.6) is 0 Å². The normalized spacial score (nSPS) is 18.5. The van der Waals surface area contributed by atoms with Gasteiger partial charge in [0.2, 0.25) is 0 Å². The summed E-state index contributed by atoms with van der Waals surface area (Å²) >= 11 is 0. The Kier molecular flexibility index (Phi) is 3.37. The zero-order valence-corrected chi connectivity index (χ0v) is 9.50. The van der Waals surface area contributed by atoms with Crippen molar-refractivity contribution in [3.63, 3.8) is 0 Å². The molecule has 15 heavy (non-hydrogen) atoms. The van der Waals surface area contributed by atoms with Crippen LogP contribution in [0, 0.1) is 5.41 Å². The lowest BCUT2D eigenvalue weighted by molar-refractivity contribution is 0.157. The summed E-state index contributed by atoms with van der Waals surface area (Å²) in [5, 5.41) is 3.54. The van der Waals surface area contributed by atoms with Crippen LogP contribution in [0.3, 0.4) is 0 Å². The molecule has 1 N–H and O–H groups in total. The molecular formula is C13H20N2. The van der Waals surface area contributed by atoms with E-state index in [1.54, 1.807) is 0 Å². The van der Waals surface area contributed by atoms with E-state index >= 15 is 0 Å². The lowest BCUT2D eigenvalue weighted by Crippen LogP contribution is -2.38. The van der Waals surface area contributed by atoms with Gasteiger partial charge >= 0.3 is 0 Å². The molecule has 0 spiro atoms. The molecule has 0 radical (unpaired) electrons. The molecule has 1 heterocycles. The molecule has 82 valence electrons. The van der Waals surface area contributed by atoms with Crippen LogP contribution < -0.4 is 5.32 Å². The molecule has 2 rings (SSSR count). The van der Waals surface area contributed by atoms with Gasteiger partial charge in [0.15, 0.2) is 0 Å². The van der Waals surface area contributed by atoms with Crippen molar-refractivity contribution in [1.82, 2.24) is 10.3 Å². The van der Waals surface area contributed by atoms with Crippen LogP contribution in [0.25, 0.3) is 0 Å². The highest BCUT2D eigenvalue weighted by Crippen LogP contribution is 2.39. The summed E-state index contributed by atoms with van der Waals surface area (Å²) in [6.45, 7) is 4.59. The average Bonchev–Trinajstić information content (AvgIpc) is 2.23. The predicted octanol–water partition coefficient (Wildman–Crippen LogP) is 2.40. The Hall–Kier alpha value is -0.890. The number of nitrogens with one attached hydrogen (secondary N) is 1. The Bertz CT molecular complexity index is 291. The van der Waals surface area contributed by atoms with Crippen molar-refractivity contribution in [2.24, 2.45) is 5.41 Å². The van der Waals surface area contributed by atoms with E-state index in [-0.39, 0.29) is 0 Å². The summed E-state index contributed by atoms with van der Waals surface area (Å²) in [6, 6.07) is 6.11. The van der Waals surface area contributed by atoms with E-state index in [4.69, 9.17) is 0 Å². The van der Waals surface area contributed by atoms with Crippen LogP contribution in [0.15, 0.2) is 24.4 Å². The Morgan fingerprint density at radius 1 is 1.40 bits per heavy atom. The zero-order valence-electron chi connectivity index (χ0n) is 9.50. The highest BCUT2D eigenvalue weighted by atomic mass is 14.9. The van der Waals surface area contributed by atoms with Gasteiger partial charge < -0.3 is 5.32 Å². The third-order valence-corrected chi connectivity index (χ3v) is 3.40. The van der Waals surface area contributed by atoms with Gasteiger partial charge in [-0.1, -0.05) is 19.4 Å². The van der Waals surface area contributed by atoms with E-state index in [0.29, 0.717) is 5.41 Å². The molecule has 0 unspecified atom stereocenters. The van der Waals surface area contributed by atoms with E-state index in [0.717, 1.165) is 13.0 Å². The second kappa shape index (κ2) is 4.75. The molecule has 1 aliphatic rings. The van der Waals surface area contributed by atoms with Crippen LogP contribution in [-0.4, -0.2) is 18.1 Å². The number of aromatic nitrogens is 1. The first-order chi connectivity index (χ1) is 7.29. The van der Waals surface area contributed by atoms with Gasteiger partial charge in [0, 0.05) is 31.4 Å². The molecule has 1 fully saturated rings. The fourth-order valence-electron chi connectivity index (χ4n) is 2.11. The van der Waals surface area contributed by atoms with E-state index in [2.05, 4.69) is 29.4 Å². The zero-order chi connectivity index (χ0) is 10.6. The van der Waals surface area contributed by atoms with Gasteiger partial charge in [-0.2, -0.15) is 0 Å². The molecule has 1 aromatic heterocycles. The van der Waals surface area contributed by atoms with Crippen LogP contribution in [0.2, 0.25) is 0 Å². The minimum atomic E-state index is 0.587. The lowest BCUT2D eigenvalue weighted by atomic mass is 9.70. The summed E-state index contributed by atoms with van der Waals surface area (Å²) in [7, 11) is 0. The first kappa shape index (κ1) is 10.6. The summed E-state index contributed by atoms with van der Waals surface area (Å²) in [5.41, 5.74) is 1.77. The van der Waals surface area contributed by atoms with Crippen molar-refractivity contribution in [1.29, 1.82) is 0 Å². The molecule has 0 aliphatic heterocycles. The predicted molar refractivity (Wildman–Crippen MR) is 62.8 cm³/mol. The third kappa shape index (κ3) is 3.03. The smallest absolute Gasteiger partial charge is 0.0416 e. The maximum absolute atomic E-state index is 4.31. The van der Waals surface area contributed by atoms with Gasteiger partial charge in [-0.05, 0) is 30.4 Å². The number of nitrogens with zero attached hydrogens (tertiary/aromatic N) is 1. The van der Waals surface area contributed by atoms with Crippen molar-refractivity contribution in [2.75, 3.05) is 13.1 Å². The summed E-state index contributed by atoms with van der Waals surface area (Å²) in [5.74, 6) is 0. The molecule has 0 aromatic carbocycles. The van der Waals surface area contributed by atoms with E-state index in [1.165, 1.54) is 31.5 Å². The minimum Gasteiger partial charge on any atom is -0.316 e. The third-order valence-electron chi connectivity index (χ3n) is 3.40. The highest BCUT2D eigenvalue weighted by molar-refractivity contribution is 5.03. The Morgan fingerprint density at radius 3 is 2.87 bits per heavy atom. The van der Waals surface area contributed by atoms with Crippen LogP contribution >= 0.6 is 0 Å². The Labute approximate surface area is 92.1 Å². The number of hydrogen-bond donors (Lipinski definition) is 1. The molecule has 0 atom stereocenters. The fourth-order valence-corrected chi connectivity index (χ4v) is 2.11. The molecule has 1 aromatic rings. The summed E-state index contributed by atoms with van der Waals surface area (Å²) < 4.78 is 0. The molecule has 2 nitrogen and oxygen atoms in total. The Morgan fingerprint density at radius 2 is 2.27 bits per heavy atom. The second-order valence-electron chi connectivity index (χ2n) is 4.91. The van der Waals surface area contributed by atoms with E-state index in [1.807, 2.05) is 12.3 Å². The van der Waals surface area contributed by atoms with Crippen molar-refractivity contribution < 1.29 is 0 Å². The maximum atomic E-state index is 4.31. The van der Waals surface area contributed by atoms with Gasteiger partial charge in [-0.25, -0.2) is 0 Å². The average molecular weight is 204 g/mol. The SMILES string of the molecule is CC1(CNCCc2ccccn2)CCC1. The molecule has 0 bridgehead atoms. The molecule has 0 saturated heterocycles. The molecule has 0 amide bonds. The molecule has 1 aliphatic carbocycles. The van der Waals surface area contributed by atoms with Crippen molar-refractivity contribution in [3.8, 4) is 0 Å². The van der Waals surface area contributed by atoms with Crippen LogP contribution in [0.4, 0.5) is 0 Å². The van der Waals surface area contributed by atoms with Gasteiger partial charge in [-0.3, -0.25) is 4.98 Å². The lowest BCUT2D eigenvalue weighted by Gasteiger charge is -2.38. The highest BCUT2D eigenvalue weighted by Gasteiger charge is 2.30. The van der Waals surface area contributed by atoms with Crippen molar-refractivity contribution in [2.45, 2.75) is 32.6 Å². The largest absolute Gasteiger partial charge is 0.316 e. The standard InChI is InChI=1S/C13H20N2/c1-13(7-4-8-13)11-14-10-6-12-5-2-3-9-15-12/h2-3,5,9,14H,4,6-8,10-11H2,1H3. The summed E-state index contributed by atoms with van der Waals surface area (Å²) in [4.78, 5) is 4.31. The van der Waals surface area contributed by atoms with Crippen molar-refractivity contribution in [3.05, 3.63) is 30.1 Å². The number of hydrogen-bond acceptors (Lipinski definition) is 2. The first-order valence-electron chi connectivity index (χ1n) is 5.89. The number of pyridine rings is 1. The monoisotopic (exact) mass is 204 g/mol. The molecule has 2 heteroatoms. The van der Waals surface area contributed by atoms with E-state index < -0.39 is 0 Å². The van der Waals surface area contributed by atoms with Gasteiger partial charge in [0.25, 0.3) is 0 Å². The van der Waals surface area contributed by atoms with Crippen molar-refractivity contribution >= 4 is 0 Å². The van der Waals surface area contributed by atoms with Crippen LogP contribution in [-0.2, 0) is 6.42 Å². The first-order valence-corrected chi connectivity index (χ1v) is 5.89. The minimum absolute atomic E-state index is 0.587. The van der Waals surface area contributed by atoms with Crippen LogP contribution in [0.1, 0.15) is 31.9 Å². The van der Waals surface area contributed by atoms with E-state index in [9.17, 15) is 0 Å². The molecule has 1 saturated carbocycles. The molecular weight excluding hydrogens is 184 g/mol. The fraction of sp³-hybridized carbons (Fsp3) is 0.615. The quantitative estimate of drug-likeness (QED) is 0.745. The topological polar surface area (TPSA) is 24.9 Å². The second-order valence-corrected chi connectivity index (χ2v) is 4.91. The summed E-state index contributed by atoms with van der Waals surface area (Å²) in [6.07, 6.45) is 7.10. The van der Waals surface area contributed by atoms with Gasteiger partial charge in [0.1, 0.15) is 0 Å². The number of rotatable bonds is 5. The van der Waals surface area contributed by atoms with Gasteiger partial charge in [-0.15, -0.1) is 0 Å². The van der Waals surface area contributed by atoms with Gasteiger partial charge in [0.05, 0.1) is 0 Å². The maximum Gasteiger partial charge on any atom is 0.0416 e.